The lowest BCUT2D eigenvalue weighted by atomic mass is 9.91. The van der Waals surface area contributed by atoms with Crippen LogP contribution in [-0.4, -0.2) is 13.2 Å². The Morgan fingerprint density at radius 3 is 2.12 bits per heavy atom. The van der Waals surface area contributed by atoms with Crippen molar-refractivity contribution in [3.63, 3.8) is 0 Å². The summed E-state index contributed by atoms with van der Waals surface area (Å²) in [6.07, 6.45) is 1.94. The summed E-state index contributed by atoms with van der Waals surface area (Å²) in [4.78, 5) is 0. The van der Waals surface area contributed by atoms with E-state index in [1.807, 2.05) is 38.1 Å². The van der Waals surface area contributed by atoms with Gasteiger partial charge in [0.05, 0.1) is 13.2 Å². The molecule has 132 valence electrons. The summed E-state index contributed by atoms with van der Waals surface area (Å²) >= 11 is 0. The first-order valence-electron chi connectivity index (χ1n) is 8.57. The molecule has 0 saturated carbocycles. The third-order valence-electron chi connectivity index (χ3n) is 4.33. The van der Waals surface area contributed by atoms with E-state index in [9.17, 15) is 4.57 Å². The van der Waals surface area contributed by atoms with Crippen LogP contribution in [0.4, 0.5) is 0 Å². The Labute approximate surface area is 150 Å². The highest BCUT2D eigenvalue weighted by molar-refractivity contribution is 7.57. The molecule has 2 aromatic carbocycles. The molecule has 3 rings (SSSR count). The summed E-state index contributed by atoms with van der Waals surface area (Å²) in [5.41, 5.74) is 3.41. The highest BCUT2D eigenvalue weighted by atomic mass is 31.2. The van der Waals surface area contributed by atoms with Crippen LogP contribution in [0.3, 0.4) is 0 Å². The molecular formula is C21H25O3P. The second-order valence-electron chi connectivity index (χ2n) is 7.39. The molecule has 25 heavy (non-hydrogen) atoms. The van der Waals surface area contributed by atoms with Crippen molar-refractivity contribution < 1.29 is 13.6 Å². The Morgan fingerprint density at radius 1 is 0.960 bits per heavy atom. The summed E-state index contributed by atoms with van der Waals surface area (Å²) < 4.78 is 23.9. The van der Waals surface area contributed by atoms with Crippen molar-refractivity contribution in [2.45, 2.75) is 26.7 Å². The molecule has 2 aromatic rings. The molecule has 0 N–H and O–H groups in total. The second-order valence-corrected chi connectivity index (χ2v) is 9.29. The van der Waals surface area contributed by atoms with E-state index in [0.717, 1.165) is 11.1 Å². The second kappa shape index (κ2) is 7.29. The maximum atomic E-state index is 12.8. The fourth-order valence-corrected chi connectivity index (χ4v) is 4.42. The largest absolute Gasteiger partial charge is 0.353 e. The van der Waals surface area contributed by atoms with Gasteiger partial charge in [0, 0.05) is 17.2 Å². The van der Waals surface area contributed by atoms with Crippen LogP contribution in [0.1, 0.15) is 36.5 Å². The highest BCUT2D eigenvalue weighted by Crippen LogP contribution is 2.55. The first-order valence-corrected chi connectivity index (χ1v) is 10.2. The molecule has 0 aromatic heterocycles. The van der Waals surface area contributed by atoms with Gasteiger partial charge in [0.25, 0.3) is 0 Å². The van der Waals surface area contributed by atoms with Crippen molar-refractivity contribution in [2.24, 2.45) is 5.41 Å². The summed E-state index contributed by atoms with van der Waals surface area (Å²) in [6.45, 7) is 7.03. The minimum Gasteiger partial charge on any atom is -0.305 e. The van der Waals surface area contributed by atoms with E-state index in [-0.39, 0.29) is 11.3 Å². The van der Waals surface area contributed by atoms with Crippen LogP contribution in [0, 0.1) is 12.3 Å². The topological polar surface area (TPSA) is 35.5 Å². The molecule has 1 atom stereocenters. The fourth-order valence-electron chi connectivity index (χ4n) is 2.73. The lowest BCUT2D eigenvalue weighted by molar-refractivity contribution is 0.0457. The summed E-state index contributed by atoms with van der Waals surface area (Å²) in [5.74, 6) is 1.63. The zero-order valence-corrected chi connectivity index (χ0v) is 15.9. The van der Waals surface area contributed by atoms with Gasteiger partial charge in [-0.25, -0.2) is 0 Å². The molecule has 1 unspecified atom stereocenters. The maximum Gasteiger partial charge on any atom is 0.353 e. The third-order valence-corrected chi connectivity index (χ3v) is 5.84. The minimum atomic E-state index is -3.18. The third kappa shape index (κ3) is 4.70. The molecule has 1 saturated heterocycles. The Balaban J connectivity index is 1.88. The van der Waals surface area contributed by atoms with Crippen LogP contribution in [0.2, 0.25) is 0 Å². The van der Waals surface area contributed by atoms with Crippen molar-refractivity contribution >= 4 is 7.60 Å². The molecule has 0 bridgehead atoms. The van der Waals surface area contributed by atoms with Gasteiger partial charge in [-0.15, -0.1) is 0 Å². The molecule has 0 amide bonds. The fraction of sp³-hybridized carbons (Fsp3) is 0.333. The predicted molar refractivity (Wildman–Crippen MR) is 102 cm³/mol. The van der Waals surface area contributed by atoms with Gasteiger partial charge in [0.2, 0.25) is 0 Å². The van der Waals surface area contributed by atoms with Crippen molar-refractivity contribution in [3.8, 4) is 0 Å². The predicted octanol–water partition coefficient (Wildman–Crippen LogP) is 5.91. The van der Waals surface area contributed by atoms with Gasteiger partial charge in [0.15, 0.2) is 0 Å². The average molecular weight is 356 g/mol. The van der Waals surface area contributed by atoms with Gasteiger partial charge in [-0.3, -0.25) is 4.57 Å². The highest BCUT2D eigenvalue weighted by Gasteiger charge is 2.34. The van der Waals surface area contributed by atoms with E-state index in [1.54, 1.807) is 5.82 Å². The van der Waals surface area contributed by atoms with Gasteiger partial charge in [-0.2, -0.15) is 0 Å². The number of allylic oxidation sites excluding steroid dienone is 1. The van der Waals surface area contributed by atoms with Gasteiger partial charge < -0.3 is 9.05 Å². The van der Waals surface area contributed by atoms with Crippen molar-refractivity contribution in [1.82, 2.24) is 0 Å². The van der Waals surface area contributed by atoms with Gasteiger partial charge in [-0.1, -0.05) is 80.1 Å². The average Bonchev–Trinajstić information content (AvgIpc) is 2.61. The van der Waals surface area contributed by atoms with Crippen LogP contribution in [0.25, 0.3) is 0 Å². The lowest BCUT2D eigenvalue weighted by Crippen LogP contribution is -2.28. The Bertz CT molecular complexity index is 765. The number of aryl methyl sites for hydroxylation is 1. The summed E-state index contributed by atoms with van der Waals surface area (Å²) in [6, 6.07) is 18.6. The Hall–Kier alpha value is -1.67. The van der Waals surface area contributed by atoms with Gasteiger partial charge >= 0.3 is 7.60 Å². The smallest absolute Gasteiger partial charge is 0.305 e. The molecular weight excluding hydrogens is 331 g/mol. The van der Waals surface area contributed by atoms with Gasteiger partial charge in [0.1, 0.15) is 0 Å². The van der Waals surface area contributed by atoms with E-state index in [2.05, 4.69) is 43.3 Å². The molecule has 0 aliphatic carbocycles. The molecule has 4 heteroatoms. The van der Waals surface area contributed by atoms with Crippen molar-refractivity contribution in [1.29, 1.82) is 0 Å². The first kappa shape index (κ1) is 18.1. The van der Waals surface area contributed by atoms with E-state index in [0.29, 0.717) is 13.2 Å². The standard InChI is InChI=1S/C21H25O3P/c1-17-9-11-19(12-10-17)20(18-7-5-4-6-8-18)13-14-25(22)23-15-21(2,3)16-24-25/h4-14,20H,15-16H2,1-3H3/b14-13+. The summed E-state index contributed by atoms with van der Waals surface area (Å²) in [7, 11) is -3.18. The van der Waals surface area contributed by atoms with Crippen molar-refractivity contribution in [3.05, 3.63) is 83.2 Å². The minimum absolute atomic E-state index is 0.00904. The van der Waals surface area contributed by atoms with Crippen molar-refractivity contribution in [2.75, 3.05) is 13.2 Å². The number of benzene rings is 2. The Morgan fingerprint density at radius 2 is 1.52 bits per heavy atom. The zero-order valence-electron chi connectivity index (χ0n) is 15.0. The first-order chi connectivity index (χ1) is 11.9. The van der Waals surface area contributed by atoms with E-state index in [1.165, 1.54) is 5.56 Å². The molecule has 0 radical (unpaired) electrons. The van der Waals surface area contributed by atoms with Gasteiger partial charge in [-0.05, 0) is 18.1 Å². The lowest BCUT2D eigenvalue weighted by Gasteiger charge is -2.32. The molecule has 1 fully saturated rings. The summed E-state index contributed by atoms with van der Waals surface area (Å²) in [5, 5.41) is 0. The Kier molecular flexibility index (Phi) is 5.29. The maximum absolute atomic E-state index is 12.8. The quantitative estimate of drug-likeness (QED) is 0.639. The van der Waals surface area contributed by atoms with Crippen LogP contribution in [0.15, 0.2) is 66.5 Å². The van der Waals surface area contributed by atoms with E-state index in [4.69, 9.17) is 9.05 Å². The molecule has 3 nitrogen and oxygen atoms in total. The molecule has 1 aliphatic heterocycles. The molecule has 1 heterocycles. The van der Waals surface area contributed by atoms with Crippen LogP contribution >= 0.6 is 7.60 Å². The molecule has 1 aliphatic rings. The van der Waals surface area contributed by atoms with Crippen LogP contribution < -0.4 is 0 Å². The normalized spacial score (nSPS) is 20.4. The number of hydrogen-bond acceptors (Lipinski definition) is 3. The SMILES string of the molecule is Cc1ccc(C(/C=C/P2(=O)OCC(C)(C)CO2)c2ccccc2)cc1. The van der Waals surface area contributed by atoms with E-state index < -0.39 is 7.60 Å². The molecule has 0 spiro atoms. The van der Waals surface area contributed by atoms with E-state index >= 15 is 0 Å². The zero-order chi connectivity index (χ0) is 17.9. The van der Waals surface area contributed by atoms with Crippen LogP contribution in [0.5, 0.6) is 0 Å². The number of hydrogen-bond donors (Lipinski definition) is 0. The monoisotopic (exact) mass is 356 g/mol. The number of rotatable bonds is 4. The van der Waals surface area contributed by atoms with Crippen LogP contribution in [-0.2, 0) is 13.6 Å².